The molecule has 2 aromatic rings. The Kier molecular flexibility index (Phi) is 10.8. The van der Waals surface area contributed by atoms with Crippen molar-refractivity contribution in [3.63, 3.8) is 0 Å². The lowest BCUT2D eigenvalue weighted by Gasteiger charge is -2.19. The Morgan fingerprint density at radius 1 is 1.11 bits per heavy atom. The molecule has 0 saturated heterocycles. The molecule has 1 atom stereocenters. The average Bonchev–Trinajstić information content (AvgIpc) is 2.70. The predicted octanol–water partition coefficient (Wildman–Crippen LogP) is 4.24. The highest BCUT2D eigenvalue weighted by Gasteiger charge is 2.11. The van der Waals surface area contributed by atoms with Crippen LogP contribution in [0.3, 0.4) is 0 Å². The molecule has 2 rings (SSSR count). The lowest BCUT2D eigenvalue weighted by atomic mass is 10.2. The summed E-state index contributed by atoms with van der Waals surface area (Å²) in [5.74, 6) is 2.36. The number of hydrogen-bond acceptors (Lipinski definition) is 4. The third kappa shape index (κ3) is 7.27. The van der Waals surface area contributed by atoms with E-state index in [-0.39, 0.29) is 30.1 Å². The molecule has 0 spiro atoms. The Morgan fingerprint density at radius 2 is 1.82 bits per heavy atom. The van der Waals surface area contributed by atoms with Crippen LogP contribution in [0.5, 0.6) is 17.2 Å². The third-order valence-electron chi connectivity index (χ3n) is 3.98. The first kappa shape index (κ1) is 24.2. The van der Waals surface area contributed by atoms with Gasteiger partial charge in [-0.05, 0) is 36.2 Å². The standard InChI is InChI=1S/C20H26ClN3O3.HI/c1-4-15(27-17-8-6-5-7-16(17)21)13-24-20(22)23-12-14-9-10-18(25-2)19(11-14)26-3;/h5-11,15H,4,12-13H2,1-3H3,(H3,22,23,24);1H. The largest absolute Gasteiger partial charge is 0.493 e. The Bertz CT molecular complexity index is 774. The molecule has 0 bridgehead atoms. The number of methoxy groups -OCH3 is 2. The first-order valence-corrected chi connectivity index (χ1v) is 9.11. The molecule has 0 radical (unpaired) electrons. The zero-order valence-electron chi connectivity index (χ0n) is 16.3. The molecular weight excluding hydrogens is 493 g/mol. The number of nitrogens with one attached hydrogen (secondary N) is 1. The summed E-state index contributed by atoms with van der Waals surface area (Å²) in [5.41, 5.74) is 6.95. The lowest BCUT2D eigenvalue weighted by molar-refractivity contribution is 0.200. The maximum atomic E-state index is 6.14. The molecule has 0 heterocycles. The number of para-hydroxylation sites is 1. The van der Waals surface area contributed by atoms with Crippen molar-refractivity contribution in [2.45, 2.75) is 26.0 Å². The maximum absolute atomic E-state index is 6.14. The van der Waals surface area contributed by atoms with Gasteiger partial charge in [-0.2, -0.15) is 0 Å². The highest BCUT2D eigenvalue weighted by molar-refractivity contribution is 14.0. The summed E-state index contributed by atoms with van der Waals surface area (Å²) < 4.78 is 16.5. The molecule has 6 nitrogen and oxygen atoms in total. The predicted molar refractivity (Wildman–Crippen MR) is 124 cm³/mol. The van der Waals surface area contributed by atoms with E-state index in [4.69, 9.17) is 31.5 Å². The molecular formula is C20H27ClIN3O3. The van der Waals surface area contributed by atoms with Gasteiger partial charge in [0, 0.05) is 0 Å². The molecule has 0 saturated carbocycles. The normalized spacial score (nSPS) is 11.9. The molecule has 3 N–H and O–H groups in total. The fraction of sp³-hybridized carbons (Fsp3) is 0.350. The van der Waals surface area contributed by atoms with E-state index in [1.165, 1.54) is 0 Å². The van der Waals surface area contributed by atoms with Gasteiger partial charge < -0.3 is 25.3 Å². The van der Waals surface area contributed by atoms with E-state index in [2.05, 4.69) is 10.3 Å². The van der Waals surface area contributed by atoms with Crippen molar-refractivity contribution in [1.29, 1.82) is 0 Å². The first-order valence-electron chi connectivity index (χ1n) is 8.73. The van der Waals surface area contributed by atoms with Crippen LogP contribution in [0.15, 0.2) is 47.5 Å². The van der Waals surface area contributed by atoms with E-state index in [1.807, 2.05) is 43.3 Å². The molecule has 0 aliphatic rings. The van der Waals surface area contributed by atoms with Crippen molar-refractivity contribution in [1.82, 2.24) is 5.32 Å². The van der Waals surface area contributed by atoms with Crippen LogP contribution in [0.25, 0.3) is 0 Å². The SMILES string of the molecule is CCC(CNC(N)=NCc1ccc(OC)c(OC)c1)Oc1ccccc1Cl.I. The van der Waals surface area contributed by atoms with Crippen LogP contribution in [0.2, 0.25) is 5.02 Å². The minimum atomic E-state index is -0.0697. The van der Waals surface area contributed by atoms with E-state index in [9.17, 15) is 0 Å². The molecule has 0 aliphatic carbocycles. The number of guanidine groups is 1. The molecule has 8 heteroatoms. The minimum Gasteiger partial charge on any atom is -0.493 e. The summed E-state index contributed by atoms with van der Waals surface area (Å²) >= 11 is 6.14. The number of rotatable bonds is 9. The van der Waals surface area contributed by atoms with Crippen LogP contribution in [0.1, 0.15) is 18.9 Å². The van der Waals surface area contributed by atoms with Gasteiger partial charge in [-0.15, -0.1) is 24.0 Å². The molecule has 0 fully saturated rings. The van der Waals surface area contributed by atoms with Crippen molar-refractivity contribution in [3.05, 3.63) is 53.1 Å². The maximum Gasteiger partial charge on any atom is 0.189 e. The van der Waals surface area contributed by atoms with Crippen LogP contribution < -0.4 is 25.3 Å². The van der Waals surface area contributed by atoms with Gasteiger partial charge >= 0.3 is 0 Å². The third-order valence-corrected chi connectivity index (χ3v) is 4.29. The summed E-state index contributed by atoms with van der Waals surface area (Å²) in [7, 11) is 3.21. The second kappa shape index (κ2) is 12.6. The molecule has 28 heavy (non-hydrogen) atoms. The van der Waals surface area contributed by atoms with Gasteiger partial charge in [-0.1, -0.05) is 36.7 Å². The topological polar surface area (TPSA) is 78.1 Å². The van der Waals surface area contributed by atoms with E-state index >= 15 is 0 Å². The summed E-state index contributed by atoms with van der Waals surface area (Å²) in [6, 6.07) is 13.1. The zero-order chi connectivity index (χ0) is 19.6. The summed E-state index contributed by atoms with van der Waals surface area (Å²) in [6.07, 6.45) is 0.737. The van der Waals surface area contributed by atoms with Crippen molar-refractivity contribution >= 4 is 41.5 Å². The van der Waals surface area contributed by atoms with Gasteiger partial charge in [-0.3, -0.25) is 0 Å². The van der Waals surface area contributed by atoms with E-state index in [1.54, 1.807) is 20.3 Å². The van der Waals surface area contributed by atoms with Gasteiger partial charge in [0.15, 0.2) is 17.5 Å². The highest BCUT2D eigenvalue weighted by Crippen LogP contribution is 2.27. The van der Waals surface area contributed by atoms with E-state index in [0.717, 1.165) is 12.0 Å². The van der Waals surface area contributed by atoms with Crippen LogP contribution in [-0.4, -0.2) is 32.8 Å². The molecule has 154 valence electrons. The molecule has 1 unspecified atom stereocenters. The fourth-order valence-corrected chi connectivity index (χ4v) is 2.60. The van der Waals surface area contributed by atoms with Crippen LogP contribution >= 0.6 is 35.6 Å². The summed E-state index contributed by atoms with van der Waals surface area (Å²) in [5, 5.41) is 3.69. The monoisotopic (exact) mass is 519 g/mol. The molecule has 0 amide bonds. The Morgan fingerprint density at radius 3 is 2.46 bits per heavy atom. The van der Waals surface area contributed by atoms with Crippen molar-refractivity contribution in [2.24, 2.45) is 10.7 Å². The Balaban J connectivity index is 0.00000392. The van der Waals surface area contributed by atoms with Crippen molar-refractivity contribution in [3.8, 4) is 17.2 Å². The van der Waals surface area contributed by atoms with Gasteiger partial charge in [0.2, 0.25) is 0 Å². The second-order valence-corrected chi connectivity index (χ2v) is 6.26. The second-order valence-electron chi connectivity index (χ2n) is 5.85. The van der Waals surface area contributed by atoms with E-state index in [0.29, 0.717) is 41.3 Å². The zero-order valence-corrected chi connectivity index (χ0v) is 19.4. The quantitative estimate of drug-likeness (QED) is 0.294. The molecule has 0 aliphatic heterocycles. The Hall–Kier alpha value is -1.87. The number of halogens is 2. The van der Waals surface area contributed by atoms with Gasteiger partial charge in [0.1, 0.15) is 11.9 Å². The van der Waals surface area contributed by atoms with Crippen LogP contribution in [0, 0.1) is 0 Å². The number of ether oxygens (including phenoxy) is 3. The summed E-state index contributed by atoms with van der Waals surface area (Å²) in [4.78, 5) is 4.36. The number of aliphatic imine (C=N–C) groups is 1. The van der Waals surface area contributed by atoms with Crippen LogP contribution in [-0.2, 0) is 6.54 Å². The lowest BCUT2D eigenvalue weighted by Crippen LogP contribution is -2.39. The number of hydrogen-bond donors (Lipinski definition) is 2. The smallest absolute Gasteiger partial charge is 0.189 e. The first-order chi connectivity index (χ1) is 13.1. The minimum absolute atomic E-state index is 0. The highest BCUT2D eigenvalue weighted by atomic mass is 127. The summed E-state index contributed by atoms with van der Waals surface area (Å²) in [6.45, 7) is 3.00. The van der Waals surface area contributed by atoms with Crippen molar-refractivity contribution < 1.29 is 14.2 Å². The molecule has 2 aromatic carbocycles. The van der Waals surface area contributed by atoms with Crippen molar-refractivity contribution in [2.75, 3.05) is 20.8 Å². The number of nitrogens with zero attached hydrogens (tertiary/aromatic N) is 1. The Labute approximate surface area is 188 Å². The van der Waals surface area contributed by atoms with Crippen LogP contribution in [0.4, 0.5) is 0 Å². The molecule has 0 aromatic heterocycles. The van der Waals surface area contributed by atoms with Gasteiger partial charge in [-0.25, -0.2) is 4.99 Å². The average molecular weight is 520 g/mol. The number of nitrogens with two attached hydrogens (primary N) is 1. The van der Waals surface area contributed by atoms with Gasteiger partial charge in [0.25, 0.3) is 0 Å². The van der Waals surface area contributed by atoms with Gasteiger partial charge in [0.05, 0.1) is 32.3 Å². The number of benzene rings is 2. The van der Waals surface area contributed by atoms with E-state index < -0.39 is 0 Å². The fourth-order valence-electron chi connectivity index (χ4n) is 2.42.